The Hall–Kier alpha value is -1.52. The molecule has 0 saturated carbocycles. The molecular weight excluding hydrogens is 220 g/mol. The maximum absolute atomic E-state index is 11.3. The standard InChI is InChI=1S/C12H18N2O3/c1-2-3-4-5-6-7-8-17-11(15)10-9-13-12(16)14-10/h9H,2-8H2,1H3. The summed E-state index contributed by atoms with van der Waals surface area (Å²) in [6, 6.07) is -0.642. The van der Waals surface area contributed by atoms with Crippen molar-refractivity contribution in [2.75, 3.05) is 6.61 Å². The maximum Gasteiger partial charge on any atom is 0.367 e. The third-order valence-corrected chi connectivity index (χ3v) is 2.45. The molecule has 0 aromatic carbocycles. The number of esters is 1. The summed E-state index contributed by atoms with van der Waals surface area (Å²) in [7, 11) is 0. The number of urea groups is 1. The molecule has 0 radical (unpaired) electrons. The van der Waals surface area contributed by atoms with Crippen LogP contribution in [0.2, 0.25) is 0 Å². The molecular formula is C12H18N2O3. The zero-order chi connectivity index (χ0) is 12.5. The molecule has 17 heavy (non-hydrogen) atoms. The molecule has 1 aliphatic heterocycles. The van der Waals surface area contributed by atoms with Crippen LogP contribution in [0.4, 0.5) is 4.79 Å². The molecule has 0 unspecified atom stereocenters. The number of carbonyl (C=O) groups excluding carboxylic acids is 2. The summed E-state index contributed by atoms with van der Waals surface area (Å²) < 4.78 is 4.97. The average Bonchev–Trinajstić information content (AvgIpc) is 2.74. The highest BCUT2D eigenvalue weighted by atomic mass is 16.5. The van der Waals surface area contributed by atoms with E-state index in [0.29, 0.717) is 6.61 Å². The Balaban J connectivity index is 2.03. The topological polar surface area (TPSA) is 68.1 Å². The number of rotatable bonds is 8. The van der Waals surface area contributed by atoms with Gasteiger partial charge in [-0.3, -0.25) is 0 Å². The summed E-state index contributed by atoms with van der Waals surface area (Å²) in [4.78, 5) is 28.7. The van der Waals surface area contributed by atoms with Crippen LogP contribution in [0, 0.1) is 0 Å². The van der Waals surface area contributed by atoms with E-state index in [-0.39, 0.29) is 5.71 Å². The maximum atomic E-state index is 11.3. The Kier molecular flexibility index (Phi) is 6.14. The van der Waals surface area contributed by atoms with Crippen molar-refractivity contribution >= 4 is 23.9 Å². The Morgan fingerprint density at radius 3 is 2.59 bits per heavy atom. The number of aliphatic imine (C=N–C) groups is 2. The number of amides is 2. The van der Waals surface area contributed by atoms with Gasteiger partial charge >= 0.3 is 12.0 Å². The smallest absolute Gasteiger partial charge is 0.367 e. The molecule has 0 aliphatic carbocycles. The van der Waals surface area contributed by atoms with Crippen LogP contribution in [-0.2, 0) is 9.53 Å². The minimum absolute atomic E-state index is 0.000910. The van der Waals surface area contributed by atoms with E-state index in [1.165, 1.54) is 25.7 Å². The molecule has 5 heteroatoms. The summed E-state index contributed by atoms with van der Waals surface area (Å²) in [6.45, 7) is 2.55. The van der Waals surface area contributed by atoms with E-state index in [1.807, 2.05) is 0 Å². The Labute approximate surface area is 101 Å². The zero-order valence-corrected chi connectivity index (χ0v) is 10.1. The summed E-state index contributed by atoms with van der Waals surface area (Å²) >= 11 is 0. The van der Waals surface area contributed by atoms with Gasteiger partial charge in [-0.15, -0.1) is 0 Å². The summed E-state index contributed by atoms with van der Waals surface area (Å²) in [5, 5.41) is 0. The number of unbranched alkanes of at least 4 members (excludes halogenated alkanes) is 5. The molecule has 0 spiro atoms. The quantitative estimate of drug-likeness (QED) is 0.482. The van der Waals surface area contributed by atoms with E-state index in [2.05, 4.69) is 16.9 Å². The van der Waals surface area contributed by atoms with Gasteiger partial charge in [0.2, 0.25) is 0 Å². The lowest BCUT2D eigenvalue weighted by Gasteiger charge is -2.02. The first-order valence-electron chi connectivity index (χ1n) is 6.08. The Bertz CT molecular complexity index is 335. The summed E-state index contributed by atoms with van der Waals surface area (Å²) in [5.74, 6) is -0.562. The Morgan fingerprint density at radius 1 is 1.24 bits per heavy atom. The monoisotopic (exact) mass is 238 g/mol. The lowest BCUT2D eigenvalue weighted by molar-refractivity contribution is -0.135. The molecule has 5 nitrogen and oxygen atoms in total. The van der Waals surface area contributed by atoms with Crippen molar-refractivity contribution in [1.29, 1.82) is 0 Å². The second kappa shape index (κ2) is 7.70. The van der Waals surface area contributed by atoms with E-state index in [0.717, 1.165) is 19.1 Å². The van der Waals surface area contributed by atoms with Crippen molar-refractivity contribution < 1.29 is 14.3 Å². The lowest BCUT2D eigenvalue weighted by atomic mass is 10.1. The minimum atomic E-state index is -0.642. The van der Waals surface area contributed by atoms with Crippen LogP contribution in [0.15, 0.2) is 9.98 Å². The van der Waals surface area contributed by atoms with Crippen LogP contribution in [0.3, 0.4) is 0 Å². The molecule has 2 amide bonds. The number of hydrogen-bond donors (Lipinski definition) is 0. The third kappa shape index (κ3) is 5.38. The van der Waals surface area contributed by atoms with Crippen LogP contribution in [0.5, 0.6) is 0 Å². The van der Waals surface area contributed by atoms with Gasteiger partial charge in [-0.05, 0) is 6.42 Å². The van der Waals surface area contributed by atoms with E-state index >= 15 is 0 Å². The molecule has 0 atom stereocenters. The van der Waals surface area contributed by atoms with Gasteiger partial charge in [0, 0.05) is 0 Å². The normalized spacial score (nSPS) is 13.9. The minimum Gasteiger partial charge on any atom is -0.461 e. The molecule has 0 bridgehead atoms. The van der Waals surface area contributed by atoms with Crippen LogP contribution in [0.25, 0.3) is 0 Å². The van der Waals surface area contributed by atoms with E-state index < -0.39 is 12.0 Å². The molecule has 0 aromatic rings. The van der Waals surface area contributed by atoms with Crippen molar-refractivity contribution in [3.05, 3.63) is 0 Å². The average molecular weight is 238 g/mol. The third-order valence-electron chi connectivity index (χ3n) is 2.45. The molecule has 1 rings (SSSR count). The van der Waals surface area contributed by atoms with Crippen molar-refractivity contribution in [1.82, 2.24) is 0 Å². The van der Waals surface area contributed by atoms with E-state index in [9.17, 15) is 9.59 Å². The zero-order valence-electron chi connectivity index (χ0n) is 10.1. The van der Waals surface area contributed by atoms with Gasteiger partial charge in [-0.1, -0.05) is 39.0 Å². The number of ether oxygens (including phenoxy) is 1. The molecule has 1 heterocycles. The van der Waals surface area contributed by atoms with Crippen molar-refractivity contribution in [3.8, 4) is 0 Å². The molecule has 94 valence electrons. The molecule has 0 aromatic heterocycles. The number of carbonyl (C=O) groups is 2. The second-order valence-electron chi connectivity index (χ2n) is 3.94. The molecule has 0 fully saturated rings. The summed E-state index contributed by atoms with van der Waals surface area (Å²) in [5.41, 5.74) is 0.000910. The lowest BCUT2D eigenvalue weighted by Crippen LogP contribution is -2.17. The largest absolute Gasteiger partial charge is 0.461 e. The van der Waals surface area contributed by atoms with Crippen LogP contribution >= 0.6 is 0 Å². The fraction of sp³-hybridized carbons (Fsp3) is 0.667. The van der Waals surface area contributed by atoms with Crippen molar-refractivity contribution in [2.45, 2.75) is 45.4 Å². The fourth-order valence-electron chi connectivity index (χ4n) is 1.50. The predicted molar refractivity (Wildman–Crippen MR) is 65.7 cm³/mol. The number of nitrogens with zero attached hydrogens (tertiary/aromatic N) is 2. The van der Waals surface area contributed by atoms with Crippen LogP contribution in [-0.4, -0.2) is 30.5 Å². The van der Waals surface area contributed by atoms with E-state index in [1.54, 1.807) is 0 Å². The van der Waals surface area contributed by atoms with Crippen LogP contribution in [0.1, 0.15) is 45.4 Å². The van der Waals surface area contributed by atoms with Gasteiger partial charge < -0.3 is 4.74 Å². The molecule has 0 saturated heterocycles. The Morgan fingerprint density at radius 2 is 1.94 bits per heavy atom. The SMILES string of the molecule is CCCCCCCCOC(=O)C1=NC(=O)N=C1. The van der Waals surface area contributed by atoms with Gasteiger partial charge in [-0.25, -0.2) is 9.59 Å². The van der Waals surface area contributed by atoms with Crippen LogP contribution < -0.4 is 0 Å². The van der Waals surface area contributed by atoms with E-state index in [4.69, 9.17) is 4.74 Å². The molecule has 0 N–H and O–H groups in total. The van der Waals surface area contributed by atoms with Gasteiger partial charge in [0.1, 0.15) is 0 Å². The van der Waals surface area contributed by atoms with Gasteiger partial charge in [-0.2, -0.15) is 9.98 Å². The molecule has 1 aliphatic rings. The summed E-state index contributed by atoms with van der Waals surface area (Å²) in [6.07, 6.45) is 7.95. The first kappa shape index (κ1) is 13.5. The first-order valence-corrected chi connectivity index (χ1v) is 6.08. The predicted octanol–water partition coefficient (Wildman–Crippen LogP) is 2.54. The van der Waals surface area contributed by atoms with Gasteiger partial charge in [0.15, 0.2) is 5.71 Å². The highest BCUT2D eigenvalue weighted by Crippen LogP contribution is 2.05. The van der Waals surface area contributed by atoms with Crippen molar-refractivity contribution in [2.24, 2.45) is 9.98 Å². The fourth-order valence-corrected chi connectivity index (χ4v) is 1.50. The first-order chi connectivity index (χ1) is 8.24. The highest BCUT2D eigenvalue weighted by Gasteiger charge is 2.17. The van der Waals surface area contributed by atoms with Gasteiger partial charge in [0.25, 0.3) is 0 Å². The number of hydrogen-bond acceptors (Lipinski definition) is 3. The van der Waals surface area contributed by atoms with Crippen molar-refractivity contribution in [3.63, 3.8) is 0 Å². The second-order valence-corrected chi connectivity index (χ2v) is 3.94. The highest BCUT2D eigenvalue weighted by molar-refractivity contribution is 6.62. The van der Waals surface area contributed by atoms with Gasteiger partial charge in [0.05, 0.1) is 12.8 Å².